The summed E-state index contributed by atoms with van der Waals surface area (Å²) < 4.78 is 0. The SMILES string of the molecule is Cc1sc2ncnc(NC3CN(C)CC3c3ccccc3)c2c1C. The van der Waals surface area contributed by atoms with Gasteiger partial charge in [0, 0.05) is 29.9 Å². The fourth-order valence-corrected chi connectivity index (χ4v) is 4.65. The van der Waals surface area contributed by atoms with Crippen LogP contribution in [0.15, 0.2) is 36.7 Å². The number of aryl methyl sites for hydroxylation is 2. The molecule has 2 unspecified atom stereocenters. The van der Waals surface area contributed by atoms with Crippen LogP contribution < -0.4 is 5.32 Å². The zero-order valence-electron chi connectivity index (χ0n) is 14.3. The number of benzene rings is 1. The largest absolute Gasteiger partial charge is 0.365 e. The van der Waals surface area contributed by atoms with Crippen molar-refractivity contribution < 1.29 is 0 Å². The van der Waals surface area contributed by atoms with E-state index in [4.69, 9.17) is 0 Å². The van der Waals surface area contributed by atoms with Gasteiger partial charge in [-0.15, -0.1) is 11.3 Å². The molecule has 3 aromatic rings. The van der Waals surface area contributed by atoms with Gasteiger partial charge < -0.3 is 10.2 Å². The predicted octanol–water partition coefficient (Wildman–Crippen LogP) is 3.82. The van der Waals surface area contributed by atoms with E-state index < -0.39 is 0 Å². The second kappa shape index (κ2) is 6.15. The Morgan fingerprint density at radius 1 is 1.12 bits per heavy atom. The molecule has 2 atom stereocenters. The van der Waals surface area contributed by atoms with Gasteiger partial charge in [0.2, 0.25) is 0 Å². The van der Waals surface area contributed by atoms with E-state index in [0.717, 1.165) is 23.7 Å². The molecule has 0 bridgehead atoms. The Bertz CT molecular complexity index is 858. The monoisotopic (exact) mass is 338 g/mol. The molecule has 124 valence electrons. The van der Waals surface area contributed by atoms with Crippen LogP contribution >= 0.6 is 11.3 Å². The van der Waals surface area contributed by atoms with Crippen molar-refractivity contribution in [3.8, 4) is 0 Å². The minimum atomic E-state index is 0.357. The van der Waals surface area contributed by atoms with Gasteiger partial charge >= 0.3 is 0 Å². The maximum Gasteiger partial charge on any atom is 0.138 e. The number of hydrogen-bond acceptors (Lipinski definition) is 5. The zero-order chi connectivity index (χ0) is 16.7. The molecular weight excluding hydrogens is 316 g/mol. The van der Waals surface area contributed by atoms with Crippen molar-refractivity contribution in [2.45, 2.75) is 25.8 Å². The van der Waals surface area contributed by atoms with Gasteiger partial charge in [-0.25, -0.2) is 9.97 Å². The van der Waals surface area contributed by atoms with Crippen LogP contribution in [0.5, 0.6) is 0 Å². The van der Waals surface area contributed by atoms with Crippen LogP contribution in [0.25, 0.3) is 10.2 Å². The van der Waals surface area contributed by atoms with Crippen molar-refractivity contribution in [2.75, 3.05) is 25.5 Å². The molecule has 1 fully saturated rings. The molecule has 0 radical (unpaired) electrons. The van der Waals surface area contributed by atoms with E-state index in [1.807, 2.05) is 0 Å². The van der Waals surface area contributed by atoms with E-state index in [1.165, 1.54) is 21.4 Å². The first kappa shape index (κ1) is 15.5. The number of nitrogens with one attached hydrogen (secondary N) is 1. The van der Waals surface area contributed by atoms with Crippen molar-refractivity contribution in [1.82, 2.24) is 14.9 Å². The normalized spacial score (nSPS) is 21.5. The summed E-state index contributed by atoms with van der Waals surface area (Å²) in [5.41, 5.74) is 2.68. The Kier molecular flexibility index (Phi) is 3.98. The molecule has 5 heteroatoms. The lowest BCUT2D eigenvalue weighted by molar-refractivity contribution is 0.409. The lowest BCUT2D eigenvalue weighted by Gasteiger charge is -2.21. The molecule has 1 aliphatic rings. The van der Waals surface area contributed by atoms with Crippen LogP contribution in [-0.4, -0.2) is 41.0 Å². The predicted molar refractivity (Wildman–Crippen MR) is 101 cm³/mol. The summed E-state index contributed by atoms with van der Waals surface area (Å²) in [6.07, 6.45) is 1.68. The summed E-state index contributed by atoms with van der Waals surface area (Å²) in [6.45, 7) is 6.41. The minimum Gasteiger partial charge on any atom is -0.365 e. The number of likely N-dealkylation sites (tertiary alicyclic amines) is 1. The van der Waals surface area contributed by atoms with Crippen molar-refractivity contribution in [3.05, 3.63) is 52.7 Å². The number of aromatic nitrogens is 2. The van der Waals surface area contributed by atoms with E-state index in [1.54, 1.807) is 17.7 Å². The molecule has 24 heavy (non-hydrogen) atoms. The number of nitrogens with zero attached hydrogens (tertiary/aromatic N) is 3. The summed E-state index contributed by atoms with van der Waals surface area (Å²) in [4.78, 5) is 13.8. The molecule has 0 spiro atoms. The summed E-state index contributed by atoms with van der Waals surface area (Å²) in [6, 6.07) is 11.1. The molecule has 4 rings (SSSR count). The van der Waals surface area contributed by atoms with Crippen LogP contribution in [0.4, 0.5) is 5.82 Å². The highest BCUT2D eigenvalue weighted by molar-refractivity contribution is 7.18. The van der Waals surface area contributed by atoms with Gasteiger partial charge in [-0.1, -0.05) is 30.3 Å². The smallest absolute Gasteiger partial charge is 0.138 e. The maximum absolute atomic E-state index is 4.56. The summed E-state index contributed by atoms with van der Waals surface area (Å²) in [5.74, 6) is 1.45. The molecule has 3 heterocycles. The molecule has 2 aromatic heterocycles. The number of likely N-dealkylation sites (N-methyl/N-ethyl adjacent to an activating group) is 1. The lowest BCUT2D eigenvalue weighted by atomic mass is 9.94. The lowest BCUT2D eigenvalue weighted by Crippen LogP contribution is -2.28. The average molecular weight is 338 g/mol. The summed E-state index contributed by atoms with van der Waals surface area (Å²) in [7, 11) is 2.19. The Hall–Kier alpha value is -1.98. The Balaban J connectivity index is 1.69. The van der Waals surface area contributed by atoms with Gasteiger partial charge in [0.15, 0.2) is 0 Å². The van der Waals surface area contributed by atoms with Gasteiger partial charge in [-0.3, -0.25) is 0 Å². The maximum atomic E-state index is 4.56. The third kappa shape index (κ3) is 2.68. The van der Waals surface area contributed by atoms with Crippen molar-refractivity contribution in [1.29, 1.82) is 0 Å². The Morgan fingerprint density at radius 3 is 2.71 bits per heavy atom. The standard InChI is InChI=1S/C19H22N4S/c1-12-13(2)24-19-17(12)18(20-11-21-19)22-16-10-23(3)9-15(16)14-7-5-4-6-8-14/h4-8,11,15-16H,9-10H2,1-3H3,(H,20,21,22). The van der Waals surface area contributed by atoms with Crippen LogP contribution in [0.1, 0.15) is 21.9 Å². The van der Waals surface area contributed by atoms with Gasteiger partial charge in [0.1, 0.15) is 17.0 Å². The molecule has 0 aliphatic carbocycles. The van der Waals surface area contributed by atoms with Crippen molar-refractivity contribution in [3.63, 3.8) is 0 Å². The molecule has 1 N–H and O–H groups in total. The quantitative estimate of drug-likeness (QED) is 0.788. The van der Waals surface area contributed by atoms with E-state index in [-0.39, 0.29) is 0 Å². The Labute approximate surface area is 146 Å². The first-order valence-electron chi connectivity index (χ1n) is 8.34. The summed E-state index contributed by atoms with van der Waals surface area (Å²) in [5, 5.41) is 4.91. The fourth-order valence-electron chi connectivity index (χ4n) is 3.65. The zero-order valence-corrected chi connectivity index (χ0v) is 15.1. The average Bonchev–Trinajstić information content (AvgIpc) is 3.09. The second-order valence-electron chi connectivity index (χ2n) is 6.67. The molecule has 1 saturated heterocycles. The van der Waals surface area contributed by atoms with Crippen LogP contribution in [0.3, 0.4) is 0 Å². The molecule has 0 amide bonds. The molecule has 1 aliphatic heterocycles. The number of thiophene rings is 1. The third-order valence-corrected chi connectivity index (χ3v) is 6.13. The van der Waals surface area contributed by atoms with Crippen LogP contribution in [0, 0.1) is 13.8 Å². The van der Waals surface area contributed by atoms with Crippen LogP contribution in [-0.2, 0) is 0 Å². The van der Waals surface area contributed by atoms with E-state index in [9.17, 15) is 0 Å². The van der Waals surface area contributed by atoms with E-state index in [0.29, 0.717) is 12.0 Å². The highest BCUT2D eigenvalue weighted by Gasteiger charge is 2.32. The number of fused-ring (bicyclic) bond motifs is 1. The molecule has 4 nitrogen and oxygen atoms in total. The summed E-state index contributed by atoms with van der Waals surface area (Å²) >= 11 is 1.75. The van der Waals surface area contributed by atoms with Gasteiger partial charge in [-0.2, -0.15) is 0 Å². The van der Waals surface area contributed by atoms with Gasteiger partial charge in [0.05, 0.1) is 5.39 Å². The van der Waals surface area contributed by atoms with E-state index in [2.05, 4.69) is 71.4 Å². The number of hydrogen-bond donors (Lipinski definition) is 1. The van der Waals surface area contributed by atoms with E-state index >= 15 is 0 Å². The highest BCUT2D eigenvalue weighted by atomic mass is 32.1. The molecule has 0 saturated carbocycles. The Morgan fingerprint density at radius 2 is 1.92 bits per heavy atom. The topological polar surface area (TPSA) is 41.1 Å². The van der Waals surface area contributed by atoms with Gasteiger partial charge in [-0.05, 0) is 32.0 Å². The van der Waals surface area contributed by atoms with Gasteiger partial charge in [0.25, 0.3) is 0 Å². The third-order valence-electron chi connectivity index (χ3n) is 5.02. The first-order chi connectivity index (χ1) is 11.6. The minimum absolute atomic E-state index is 0.357. The highest BCUT2D eigenvalue weighted by Crippen LogP contribution is 2.35. The fraction of sp³-hybridized carbons (Fsp3) is 0.368. The molecular formula is C19H22N4S. The number of anilines is 1. The molecule has 1 aromatic carbocycles. The number of rotatable bonds is 3. The second-order valence-corrected chi connectivity index (χ2v) is 7.88. The van der Waals surface area contributed by atoms with Crippen molar-refractivity contribution >= 4 is 27.4 Å². The van der Waals surface area contributed by atoms with Crippen molar-refractivity contribution in [2.24, 2.45) is 0 Å². The van der Waals surface area contributed by atoms with Crippen LogP contribution in [0.2, 0.25) is 0 Å². The first-order valence-corrected chi connectivity index (χ1v) is 9.16.